The van der Waals surface area contributed by atoms with Gasteiger partial charge in [0, 0.05) is 29.0 Å². The lowest BCUT2D eigenvalue weighted by Gasteiger charge is -2.06. The fourth-order valence-corrected chi connectivity index (χ4v) is 1.65. The van der Waals surface area contributed by atoms with E-state index in [1.807, 2.05) is 19.2 Å². The Labute approximate surface area is 111 Å². The zero-order valence-corrected chi connectivity index (χ0v) is 10.7. The van der Waals surface area contributed by atoms with E-state index in [1.54, 1.807) is 36.4 Å². The molecular weight excluding hydrogens is 248 g/mol. The van der Waals surface area contributed by atoms with Crippen molar-refractivity contribution in [1.82, 2.24) is 0 Å². The van der Waals surface area contributed by atoms with Crippen LogP contribution >= 0.6 is 11.6 Å². The molecule has 0 fully saturated rings. The molecule has 92 valence electrons. The predicted octanol–water partition coefficient (Wildman–Crippen LogP) is 3.63. The summed E-state index contributed by atoms with van der Waals surface area (Å²) in [7, 11) is 1.84. The fourth-order valence-electron chi connectivity index (χ4n) is 1.52. The first-order valence-electron chi connectivity index (χ1n) is 5.54. The molecule has 0 spiro atoms. The summed E-state index contributed by atoms with van der Waals surface area (Å²) in [6.07, 6.45) is 0. The Balaban J connectivity index is 2.09. The second kappa shape index (κ2) is 5.56. The van der Waals surface area contributed by atoms with Gasteiger partial charge >= 0.3 is 0 Å². The standard InChI is InChI=1S/C14H13ClN2O/c1-16-12-6-2-10(3-7-12)14(18)17-13-8-4-11(15)5-9-13/h2-9,16H,1H3,(H,17,18). The third-order valence-corrected chi connectivity index (χ3v) is 2.79. The highest BCUT2D eigenvalue weighted by atomic mass is 35.5. The summed E-state index contributed by atoms with van der Waals surface area (Å²) < 4.78 is 0. The van der Waals surface area contributed by atoms with E-state index in [1.165, 1.54) is 0 Å². The maximum Gasteiger partial charge on any atom is 0.255 e. The monoisotopic (exact) mass is 260 g/mol. The van der Waals surface area contributed by atoms with Gasteiger partial charge in [0.05, 0.1) is 0 Å². The maximum atomic E-state index is 11.9. The van der Waals surface area contributed by atoms with Crippen molar-refractivity contribution in [2.24, 2.45) is 0 Å². The van der Waals surface area contributed by atoms with Crippen molar-refractivity contribution in [2.75, 3.05) is 17.7 Å². The average molecular weight is 261 g/mol. The molecule has 0 radical (unpaired) electrons. The van der Waals surface area contributed by atoms with Crippen LogP contribution in [0.25, 0.3) is 0 Å². The molecule has 2 rings (SSSR count). The molecule has 3 nitrogen and oxygen atoms in total. The van der Waals surface area contributed by atoms with Crippen LogP contribution in [0, 0.1) is 0 Å². The van der Waals surface area contributed by atoms with E-state index >= 15 is 0 Å². The first-order chi connectivity index (χ1) is 8.69. The highest BCUT2D eigenvalue weighted by Gasteiger charge is 2.05. The van der Waals surface area contributed by atoms with Crippen molar-refractivity contribution in [3.63, 3.8) is 0 Å². The minimum Gasteiger partial charge on any atom is -0.388 e. The number of hydrogen-bond donors (Lipinski definition) is 2. The number of rotatable bonds is 3. The molecule has 2 N–H and O–H groups in total. The lowest BCUT2D eigenvalue weighted by molar-refractivity contribution is 0.102. The van der Waals surface area contributed by atoms with Crippen molar-refractivity contribution < 1.29 is 4.79 Å². The van der Waals surface area contributed by atoms with Crippen LogP contribution in [0.15, 0.2) is 48.5 Å². The van der Waals surface area contributed by atoms with Crippen LogP contribution in [0.3, 0.4) is 0 Å². The largest absolute Gasteiger partial charge is 0.388 e. The van der Waals surface area contributed by atoms with Gasteiger partial charge in [-0.3, -0.25) is 4.79 Å². The summed E-state index contributed by atoms with van der Waals surface area (Å²) in [5.41, 5.74) is 2.31. The van der Waals surface area contributed by atoms with E-state index in [2.05, 4.69) is 10.6 Å². The number of hydrogen-bond acceptors (Lipinski definition) is 2. The highest BCUT2D eigenvalue weighted by molar-refractivity contribution is 6.30. The van der Waals surface area contributed by atoms with Crippen LogP contribution in [0.4, 0.5) is 11.4 Å². The number of amides is 1. The number of carbonyl (C=O) groups is 1. The summed E-state index contributed by atoms with van der Waals surface area (Å²) in [6.45, 7) is 0. The van der Waals surface area contributed by atoms with Crippen LogP contribution in [0.5, 0.6) is 0 Å². The number of benzene rings is 2. The Morgan fingerprint density at radius 2 is 1.50 bits per heavy atom. The smallest absolute Gasteiger partial charge is 0.255 e. The molecule has 1 amide bonds. The third-order valence-electron chi connectivity index (χ3n) is 2.54. The molecule has 18 heavy (non-hydrogen) atoms. The molecule has 0 aliphatic carbocycles. The Bertz CT molecular complexity index is 535. The summed E-state index contributed by atoms with van der Waals surface area (Å²) >= 11 is 5.78. The minimum atomic E-state index is -0.139. The molecule has 0 saturated carbocycles. The molecule has 0 aromatic heterocycles. The van der Waals surface area contributed by atoms with Crippen molar-refractivity contribution in [3.8, 4) is 0 Å². The van der Waals surface area contributed by atoms with Gasteiger partial charge in [-0.15, -0.1) is 0 Å². The lowest BCUT2D eigenvalue weighted by atomic mass is 10.2. The zero-order chi connectivity index (χ0) is 13.0. The quantitative estimate of drug-likeness (QED) is 0.885. The third kappa shape index (κ3) is 3.02. The highest BCUT2D eigenvalue weighted by Crippen LogP contribution is 2.15. The van der Waals surface area contributed by atoms with Gasteiger partial charge in [0.25, 0.3) is 5.91 Å². The normalized spacial score (nSPS) is 9.89. The van der Waals surface area contributed by atoms with Crippen molar-refractivity contribution in [3.05, 3.63) is 59.1 Å². The van der Waals surface area contributed by atoms with E-state index < -0.39 is 0 Å². The number of anilines is 2. The molecule has 0 aliphatic rings. The van der Waals surface area contributed by atoms with E-state index in [0.717, 1.165) is 11.4 Å². The Morgan fingerprint density at radius 3 is 2.06 bits per heavy atom. The predicted molar refractivity (Wildman–Crippen MR) is 75.4 cm³/mol. The van der Waals surface area contributed by atoms with Crippen molar-refractivity contribution in [1.29, 1.82) is 0 Å². The van der Waals surface area contributed by atoms with Crippen LogP contribution in [-0.2, 0) is 0 Å². The Kier molecular flexibility index (Phi) is 3.85. The average Bonchev–Trinajstić information content (AvgIpc) is 2.41. The molecule has 0 aliphatic heterocycles. The molecule has 0 saturated heterocycles. The van der Waals surface area contributed by atoms with Crippen LogP contribution < -0.4 is 10.6 Å². The second-order valence-corrected chi connectivity index (χ2v) is 4.22. The molecule has 0 bridgehead atoms. The molecule has 0 atom stereocenters. The fraction of sp³-hybridized carbons (Fsp3) is 0.0714. The van der Waals surface area contributed by atoms with Gasteiger partial charge in [-0.1, -0.05) is 11.6 Å². The van der Waals surface area contributed by atoms with E-state index in [9.17, 15) is 4.79 Å². The second-order valence-electron chi connectivity index (χ2n) is 3.79. The summed E-state index contributed by atoms with van der Waals surface area (Å²) in [4.78, 5) is 11.9. The molecule has 2 aromatic carbocycles. The number of nitrogens with one attached hydrogen (secondary N) is 2. The van der Waals surface area contributed by atoms with Gasteiger partial charge < -0.3 is 10.6 Å². The van der Waals surface area contributed by atoms with Gasteiger partial charge in [0.15, 0.2) is 0 Å². The summed E-state index contributed by atoms with van der Waals surface area (Å²) in [5, 5.41) is 6.45. The Morgan fingerprint density at radius 1 is 0.944 bits per heavy atom. The maximum absolute atomic E-state index is 11.9. The zero-order valence-electron chi connectivity index (χ0n) is 9.91. The molecular formula is C14H13ClN2O. The van der Waals surface area contributed by atoms with Gasteiger partial charge in [-0.2, -0.15) is 0 Å². The first kappa shape index (κ1) is 12.5. The topological polar surface area (TPSA) is 41.1 Å². The number of halogens is 1. The molecule has 0 unspecified atom stereocenters. The van der Waals surface area contributed by atoms with Crippen molar-refractivity contribution >= 4 is 28.9 Å². The van der Waals surface area contributed by atoms with Gasteiger partial charge in [-0.25, -0.2) is 0 Å². The summed E-state index contributed by atoms with van der Waals surface area (Å²) in [5.74, 6) is -0.139. The minimum absolute atomic E-state index is 0.139. The van der Waals surface area contributed by atoms with Gasteiger partial charge in [-0.05, 0) is 48.5 Å². The Hall–Kier alpha value is -2.00. The molecule has 2 aromatic rings. The van der Waals surface area contributed by atoms with Crippen molar-refractivity contribution in [2.45, 2.75) is 0 Å². The van der Waals surface area contributed by atoms with Crippen LogP contribution in [0.2, 0.25) is 5.02 Å². The van der Waals surface area contributed by atoms with Gasteiger partial charge in [0.1, 0.15) is 0 Å². The first-order valence-corrected chi connectivity index (χ1v) is 5.91. The van der Waals surface area contributed by atoms with E-state index in [0.29, 0.717) is 10.6 Å². The lowest BCUT2D eigenvalue weighted by Crippen LogP contribution is -2.11. The molecule has 0 heterocycles. The number of carbonyl (C=O) groups excluding carboxylic acids is 1. The molecule has 4 heteroatoms. The van der Waals surface area contributed by atoms with Crippen LogP contribution in [0.1, 0.15) is 10.4 Å². The SMILES string of the molecule is CNc1ccc(C(=O)Nc2ccc(Cl)cc2)cc1. The van der Waals surface area contributed by atoms with E-state index in [4.69, 9.17) is 11.6 Å². The van der Waals surface area contributed by atoms with E-state index in [-0.39, 0.29) is 5.91 Å². The van der Waals surface area contributed by atoms with Gasteiger partial charge in [0.2, 0.25) is 0 Å². The van der Waals surface area contributed by atoms with Crippen LogP contribution in [-0.4, -0.2) is 13.0 Å². The summed E-state index contributed by atoms with van der Waals surface area (Å²) in [6, 6.07) is 14.3.